The van der Waals surface area contributed by atoms with E-state index >= 15 is 0 Å². The number of hydrogen-bond acceptors (Lipinski definition) is 2. The van der Waals surface area contributed by atoms with E-state index in [0.29, 0.717) is 17.7 Å². The quantitative estimate of drug-likeness (QED) is 0.841. The summed E-state index contributed by atoms with van der Waals surface area (Å²) in [5.74, 6) is 0.0729. The predicted octanol–water partition coefficient (Wildman–Crippen LogP) is 4.06. The van der Waals surface area contributed by atoms with Crippen LogP contribution in [0, 0.1) is 5.92 Å². The van der Waals surface area contributed by atoms with Crippen LogP contribution in [-0.4, -0.2) is 18.1 Å². The maximum Gasteiger partial charge on any atom is 0.389 e. The molecule has 0 aromatic heterocycles. The third kappa shape index (κ3) is 6.79. The van der Waals surface area contributed by atoms with Gasteiger partial charge in [-0.1, -0.05) is 18.6 Å². The number of hydrogen-bond donors (Lipinski definition) is 2. The van der Waals surface area contributed by atoms with Gasteiger partial charge in [0.15, 0.2) is 0 Å². The molecule has 23 heavy (non-hydrogen) atoms. The maximum absolute atomic E-state index is 12.2. The lowest BCUT2D eigenvalue weighted by Gasteiger charge is -2.15. The Morgan fingerprint density at radius 1 is 1.30 bits per heavy atom. The molecule has 0 unspecified atom stereocenters. The van der Waals surface area contributed by atoms with Gasteiger partial charge in [-0.2, -0.15) is 13.2 Å². The third-order valence-electron chi connectivity index (χ3n) is 4.07. The van der Waals surface area contributed by atoms with Crippen LogP contribution in [0.4, 0.5) is 18.9 Å². The Labute approximate surface area is 140 Å². The Morgan fingerprint density at radius 2 is 2.04 bits per heavy atom. The molecule has 3 N–H and O–H groups in total. The predicted molar refractivity (Wildman–Crippen MR) is 86.6 cm³/mol. The average Bonchev–Trinajstić information content (AvgIpc) is 2.81. The molecule has 1 aliphatic rings. The average molecular weight is 351 g/mol. The Kier molecular flexibility index (Phi) is 7.35. The molecule has 130 valence electrons. The lowest BCUT2D eigenvalue weighted by atomic mass is 10.00. The van der Waals surface area contributed by atoms with Crippen LogP contribution in [0.3, 0.4) is 0 Å². The van der Waals surface area contributed by atoms with E-state index in [0.717, 1.165) is 19.3 Å². The molecule has 1 saturated carbocycles. The van der Waals surface area contributed by atoms with Gasteiger partial charge in [-0.3, -0.25) is 4.79 Å². The van der Waals surface area contributed by atoms with E-state index in [-0.39, 0.29) is 36.7 Å². The Bertz CT molecular complexity index is 522. The van der Waals surface area contributed by atoms with Gasteiger partial charge in [-0.15, -0.1) is 12.4 Å². The van der Waals surface area contributed by atoms with Gasteiger partial charge in [0.25, 0.3) is 0 Å². The zero-order valence-electron chi connectivity index (χ0n) is 12.7. The third-order valence-corrected chi connectivity index (χ3v) is 4.07. The fourth-order valence-corrected chi connectivity index (χ4v) is 2.86. The number of nitrogens with one attached hydrogen (secondary N) is 1. The van der Waals surface area contributed by atoms with Crippen molar-refractivity contribution >= 4 is 24.0 Å². The number of benzene rings is 1. The normalized spacial score (nSPS) is 20.9. The zero-order chi connectivity index (χ0) is 16.2. The lowest BCUT2D eigenvalue weighted by molar-refractivity contribution is -0.134. The van der Waals surface area contributed by atoms with E-state index < -0.39 is 12.6 Å². The molecule has 1 amide bonds. The molecule has 2 rings (SSSR count). The summed E-state index contributed by atoms with van der Waals surface area (Å²) >= 11 is 0. The van der Waals surface area contributed by atoms with Crippen molar-refractivity contribution in [3.63, 3.8) is 0 Å². The Balaban J connectivity index is 0.00000264. The molecule has 2 atom stereocenters. The summed E-state index contributed by atoms with van der Waals surface area (Å²) in [6, 6.07) is 6.64. The number of nitrogens with two attached hydrogens (primary N) is 1. The monoisotopic (exact) mass is 350 g/mol. The minimum absolute atomic E-state index is 0. The summed E-state index contributed by atoms with van der Waals surface area (Å²) in [7, 11) is 0. The Morgan fingerprint density at radius 3 is 2.65 bits per heavy atom. The molecule has 7 heteroatoms. The van der Waals surface area contributed by atoms with E-state index in [2.05, 4.69) is 5.32 Å². The molecule has 1 aromatic carbocycles. The SMILES string of the molecule is Cl.N[C@@H]1CCC[C@H]1CC(=O)Nc1cccc(CCC(F)(F)F)c1. The van der Waals surface area contributed by atoms with Crippen LogP contribution in [0.15, 0.2) is 24.3 Å². The van der Waals surface area contributed by atoms with E-state index in [1.54, 1.807) is 24.3 Å². The van der Waals surface area contributed by atoms with Crippen molar-refractivity contribution in [2.45, 2.75) is 50.7 Å². The highest BCUT2D eigenvalue weighted by atomic mass is 35.5. The summed E-state index contributed by atoms with van der Waals surface area (Å²) < 4.78 is 36.7. The second-order valence-electron chi connectivity index (χ2n) is 5.92. The van der Waals surface area contributed by atoms with Gasteiger partial charge in [0.1, 0.15) is 0 Å². The largest absolute Gasteiger partial charge is 0.389 e. The van der Waals surface area contributed by atoms with E-state index in [1.807, 2.05) is 0 Å². The van der Waals surface area contributed by atoms with Crippen LogP contribution < -0.4 is 11.1 Å². The number of halogens is 4. The first kappa shape index (κ1) is 19.8. The second-order valence-corrected chi connectivity index (χ2v) is 5.92. The van der Waals surface area contributed by atoms with Gasteiger partial charge in [0.2, 0.25) is 5.91 Å². The topological polar surface area (TPSA) is 55.1 Å². The Hall–Kier alpha value is -1.27. The molecule has 0 spiro atoms. The number of carbonyl (C=O) groups excluding carboxylic acids is 1. The summed E-state index contributed by atoms with van der Waals surface area (Å²) in [6.07, 6.45) is -1.79. The summed E-state index contributed by atoms with van der Waals surface area (Å²) in [6.45, 7) is 0. The molecule has 0 aliphatic heterocycles. The second kappa shape index (κ2) is 8.55. The lowest BCUT2D eigenvalue weighted by Crippen LogP contribution is -2.28. The van der Waals surface area contributed by atoms with Gasteiger partial charge in [0, 0.05) is 24.6 Å². The minimum atomic E-state index is -4.17. The van der Waals surface area contributed by atoms with Crippen molar-refractivity contribution in [3.8, 4) is 0 Å². The van der Waals surface area contributed by atoms with Crippen LogP contribution in [0.1, 0.15) is 37.7 Å². The zero-order valence-corrected chi connectivity index (χ0v) is 13.6. The van der Waals surface area contributed by atoms with Crippen LogP contribution >= 0.6 is 12.4 Å². The molecule has 1 fully saturated rings. The van der Waals surface area contributed by atoms with Crippen molar-refractivity contribution in [2.24, 2.45) is 11.7 Å². The van der Waals surface area contributed by atoms with E-state index in [9.17, 15) is 18.0 Å². The fourth-order valence-electron chi connectivity index (χ4n) is 2.86. The van der Waals surface area contributed by atoms with Crippen LogP contribution in [0.2, 0.25) is 0 Å². The van der Waals surface area contributed by atoms with Crippen LogP contribution in [0.5, 0.6) is 0 Å². The summed E-state index contributed by atoms with van der Waals surface area (Å²) in [5, 5.41) is 2.75. The molecular formula is C16H22ClF3N2O. The van der Waals surface area contributed by atoms with Crippen molar-refractivity contribution in [1.82, 2.24) is 0 Å². The highest BCUT2D eigenvalue weighted by Crippen LogP contribution is 2.27. The minimum Gasteiger partial charge on any atom is -0.327 e. The van der Waals surface area contributed by atoms with Crippen molar-refractivity contribution in [1.29, 1.82) is 0 Å². The molecule has 0 saturated heterocycles. The molecule has 3 nitrogen and oxygen atoms in total. The number of anilines is 1. The molecule has 1 aromatic rings. The van der Waals surface area contributed by atoms with Crippen LogP contribution in [0.25, 0.3) is 0 Å². The number of alkyl halides is 3. The van der Waals surface area contributed by atoms with Gasteiger partial charge in [-0.05, 0) is 42.9 Å². The van der Waals surface area contributed by atoms with Gasteiger partial charge in [0.05, 0.1) is 0 Å². The highest BCUT2D eigenvalue weighted by Gasteiger charge is 2.27. The number of carbonyl (C=O) groups is 1. The van der Waals surface area contributed by atoms with Gasteiger partial charge in [-0.25, -0.2) is 0 Å². The van der Waals surface area contributed by atoms with Crippen LogP contribution in [-0.2, 0) is 11.2 Å². The van der Waals surface area contributed by atoms with Crippen molar-refractivity contribution in [2.75, 3.05) is 5.32 Å². The van der Waals surface area contributed by atoms with Crippen molar-refractivity contribution in [3.05, 3.63) is 29.8 Å². The maximum atomic E-state index is 12.2. The summed E-state index contributed by atoms with van der Waals surface area (Å²) in [4.78, 5) is 12.0. The smallest absolute Gasteiger partial charge is 0.327 e. The summed E-state index contributed by atoms with van der Waals surface area (Å²) in [5.41, 5.74) is 7.04. The van der Waals surface area contributed by atoms with E-state index in [4.69, 9.17) is 5.73 Å². The molecule has 0 radical (unpaired) electrons. The first-order chi connectivity index (χ1) is 10.3. The fraction of sp³-hybridized carbons (Fsp3) is 0.562. The number of amides is 1. The molecule has 0 bridgehead atoms. The van der Waals surface area contributed by atoms with Crippen molar-refractivity contribution < 1.29 is 18.0 Å². The van der Waals surface area contributed by atoms with E-state index in [1.165, 1.54) is 0 Å². The first-order valence-electron chi connectivity index (χ1n) is 7.54. The molecular weight excluding hydrogens is 329 g/mol. The van der Waals surface area contributed by atoms with Gasteiger partial charge >= 0.3 is 6.18 Å². The van der Waals surface area contributed by atoms with Gasteiger partial charge < -0.3 is 11.1 Å². The highest BCUT2D eigenvalue weighted by molar-refractivity contribution is 5.91. The number of rotatable bonds is 5. The standard InChI is InChI=1S/C16H21F3N2O.ClH/c17-16(18,19)8-7-11-3-1-5-13(9-11)21-15(22)10-12-4-2-6-14(12)20;/h1,3,5,9,12,14H,2,4,6-8,10,20H2,(H,21,22);1H/t12-,14+;/m0./s1. The molecule has 1 aliphatic carbocycles. The first-order valence-corrected chi connectivity index (χ1v) is 7.54. The number of aryl methyl sites for hydroxylation is 1. The molecule has 0 heterocycles.